The maximum absolute atomic E-state index is 11.9. The molecule has 1 rings (SSSR count). The number of ketones is 1. The van der Waals surface area contributed by atoms with Gasteiger partial charge in [-0.3, -0.25) is 4.79 Å². The van der Waals surface area contributed by atoms with E-state index in [0.29, 0.717) is 0 Å². The number of nitrogens with zero attached hydrogens (tertiary/aromatic N) is 1. The molecule has 0 aliphatic rings. The van der Waals surface area contributed by atoms with E-state index in [1.807, 2.05) is 0 Å². The molecule has 0 saturated carbocycles. The maximum atomic E-state index is 11.9. The van der Waals surface area contributed by atoms with E-state index in [2.05, 4.69) is 15.9 Å². The molecule has 0 atom stereocenters. The number of alkyl halides is 1. The number of carbonyl (C=O) groups is 1. The van der Waals surface area contributed by atoms with Crippen LogP contribution in [0.15, 0.2) is 23.1 Å². The summed E-state index contributed by atoms with van der Waals surface area (Å²) in [7, 11) is -0.698. The van der Waals surface area contributed by atoms with Gasteiger partial charge in [0, 0.05) is 19.7 Å². The largest absolute Gasteiger partial charge is 0.293 e. The van der Waals surface area contributed by atoms with Gasteiger partial charge >= 0.3 is 0 Å². The van der Waals surface area contributed by atoms with Crippen LogP contribution >= 0.6 is 27.5 Å². The number of Topliss-reactive ketones (excluding diaryl/α,β-unsaturated/α-hetero) is 1. The minimum absolute atomic E-state index is 0.0520. The van der Waals surface area contributed by atoms with Crippen molar-refractivity contribution in [1.82, 2.24) is 4.31 Å². The molecule has 0 bridgehead atoms. The van der Waals surface area contributed by atoms with Crippen molar-refractivity contribution in [2.75, 3.05) is 19.4 Å². The highest BCUT2D eigenvalue weighted by atomic mass is 79.9. The molecule has 0 spiro atoms. The first-order chi connectivity index (χ1) is 7.80. The van der Waals surface area contributed by atoms with Crippen LogP contribution in [-0.4, -0.2) is 37.9 Å². The molecule has 0 amide bonds. The lowest BCUT2D eigenvalue weighted by Gasteiger charge is -2.12. The van der Waals surface area contributed by atoms with Gasteiger partial charge in [0.15, 0.2) is 5.78 Å². The van der Waals surface area contributed by atoms with E-state index in [4.69, 9.17) is 11.6 Å². The summed E-state index contributed by atoms with van der Waals surface area (Å²) in [6.07, 6.45) is 0. The Morgan fingerprint density at radius 3 is 2.47 bits per heavy atom. The van der Waals surface area contributed by atoms with Crippen LogP contribution in [-0.2, 0) is 10.0 Å². The summed E-state index contributed by atoms with van der Waals surface area (Å²) >= 11 is 8.87. The first-order valence-corrected chi connectivity index (χ1v) is 7.56. The van der Waals surface area contributed by atoms with Crippen molar-refractivity contribution >= 4 is 43.3 Å². The van der Waals surface area contributed by atoms with Crippen molar-refractivity contribution < 1.29 is 13.2 Å². The lowest BCUT2D eigenvalue weighted by molar-refractivity contribution is 0.102. The van der Waals surface area contributed by atoms with Crippen LogP contribution < -0.4 is 0 Å². The van der Waals surface area contributed by atoms with Gasteiger partial charge < -0.3 is 0 Å². The van der Waals surface area contributed by atoms with Crippen molar-refractivity contribution in [3.8, 4) is 0 Å². The normalized spacial score (nSPS) is 11.8. The molecule has 0 saturated heterocycles. The van der Waals surface area contributed by atoms with E-state index in [0.717, 1.165) is 4.31 Å². The van der Waals surface area contributed by atoms with Crippen molar-refractivity contribution in [2.45, 2.75) is 4.90 Å². The number of hydrogen-bond donors (Lipinski definition) is 0. The monoisotopic (exact) mass is 339 g/mol. The fraction of sp³-hybridized carbons (Fsp3) is 0.300. The molecule has 94 valence electrons. The second kappa shape index (κ2) is 5.48. The van der Waals surface area contributed by atoms with E-state index >= 15 is 0 Å². The zero-order chi connectivity index (χ0) is 13.2. The Morgan fingerprint density at radius 1 is 1.41 bits per heavy atom. The second-order valence-corrected chi connectivity index (χ2v) is 6.61. The summed E-state index contributed by atoms with van der Waals surface area (Å²) < 4.78 is 24.8. The minimum atomic E-state index is -3.55. The molecule has 0 aliphatic heterocycles. The highest BCUT2D eigenvalue weighted by Gasteiger charge is 2.20. The number of benzene rings is 1. The lowest BCUT2D eigenvalue weighted by atomic mass is 10.1. The quantitative estimate of drug-likeness (QED) is 0.623. The second-order valence-electron chi connectivity index (χ2n) is 3.49. The van der Waals surface area contributed by atoms with Gasteiger partial charge in [0.05, 0.1) is 15.2 Å². The number of carbonyl (C=O) groups excluding carboxylic acids is 1. The fourth-order valence-corrected chi connectivity index (χ4v) is 2.61. The zero-order valence-electron chi connectivity index (χ0n) is 9.28. The van der Waals surface area contributed by atoms with Crippen LogP contribution in [0.1, 0.15) is 10.4 Å². The average molecular weight is 341 g/mol. The van der Waals surface area contributed by atoms with Gasteiger partial charge in [-0.2, -0.15) is 0 Å². The van der Waals surface area contributed by atoms with Gasteiger partial charge in [-0.1, -0.05) is 27.5 Å². The third-order valence-electron chi connectivity index (χ3n) is 2.14. The molecule has 0 fully saturated rings. The number of rotatable bonds is 4. The molecule has 0 heterocycles. The first kappa shape index (κ1) is 14.6. The van der Waals surface area contributed by atoms with E-state index in [1.165, 1.54) is 32.3 Å². The summed E-state index contributed by atoms with van der Waals surface area (Å²) in [5, 5.41) is 0.338. The molecular formula is C10H11BrClNO3S. The summed E-state index contributed by atoms with van der Waals surface area (Å²) in [4.78, 5) is 11.6. The van der Waals surface area contributed by atoms with Crippen LogP contribution in [0, 0.1) is 0 Å². The van der Waals surface area contributed by atoms with E-state index in [-0.39, 0.29) is 26.6 Å². The van der Waals surface area contributed by atoms with Gasteiger partial charge in [-0.25, -0.2) is 12.7 Å². The predicted molar refractivity (Wildman–Crippen MR) is 70.4 cm³/mol. The summed E-state index contributed by atoms with van der Waals surface area (Å²) in [6.45, 7) is 0. The fourth-order valence-electron chi connectivity index (χ4n) is 1.16. The minimum Gasteiger partial charge on any atom is -0.293 e. The van der Waals surface area contributed by atoms with E-state index in [1.54, 1.807) is 0 Å². The molecule has 0 aliphatic carbocycles. The molecule has 0 aromatic heterocycles. The standard InChI is InChI=1S/C10H11BrClNO3S/c1-13(2)17(15,16)7-3-4-9(12)8(5-7)10(14)6-11/h3-5H,6H2,1-2H3. The van der Waals surface area contributed by atoms with Crippen LogP contribution in [0.4, 0.5) is 0 Å². The Morgan fingerprint density at radius 2 is 2.00 bits per heavy atom. The number of sulfonamides is 1. The van der Waals surface area contributed by atoms with Crippen molar-refractivity contribution in [3.63, 3.8) is 0 Å². The van der Waals surface area contributed by atoms with Crippen LogP contribution in [0.25, 0.3) is 0 Å². The Bertz CT molecular complexity index is 542. The van der Waals surface area contributed by atoms with Gasteiger partial charge in [-0.05, 0) is 18.2 Å². The average Bonchev–Trinajstić information content (AvgIpc) is 2.28. The number of hydrogen-bond acceptors (Lipinski definition) is 3. The van der Waals surface area contributed by atoms with Gasteiger partial charge in [0.2, 0.25) is 10.0 Å². The summed E-state index contributed by atoms with van der Waals surface area (Å²) in [5.74, 6) is -0.259. The highest BCUT2D eigenvalue weighted by Crippen LogP contribution is 2.22. The Kier molecular flexibility index (Phi) is 4.71. The SMILES string of the molecule is CN(C)S(=O)(=O)c1ccc(Cl)c(C(=O)CBr)c1. The van der Waals surface area contributed by atoms with Crippen LogP contribution in [0.2, 0.25) is 5.02 Å². The Labute approximate surface area is 114 Å². The van der Waals surface area contributed by atoms with E-state index < -0.39 is 10.0 Å². The summed E-state index contributed by atoms with van der Waals surface area (Å²) in [5.41, 5.74) is 0.200. The topological polar surface area (TPSA) is 54.5 Å². The molecule has 1 aromatic carbocycles. The van der Waals surface area contributed by atoms with Crippen molar-refractivity contribution in [1.29, 1.82) is 0 Å². The molecular weight excluding hydrogens is 330 g/mol. The van der Waals surface area contributed by atoms with Crippen molar-refractivity contribution in [3.05, 3.63) is 28.8 Å². The predicted octanol–water partition coefficient (Wildman–Crippen LogP) is 2.17. The van der Waals surface area contributed by atoms with Crippen LogP contribution in [0.5, 0.6) is 0 Å². The van der Waals surface area contributed by atoms with Crippen molar-refractivity contribution in [2.24, 2.45) is 0 Å². The van der Waals surface area contributed by atoms with Crippen LogP contribution in [0.3, 0.4) is 0 Å². The van der Waals surface area contributed by atoms with Gasteiger partial charge in [0.1, 0.15) is 0 Å². The first-order valence-electron chi connectivity index (χ1n) is 4.62. The molecule has 0 radical (unpaired) electrons. The maximum Gasteiger partial charge on any atom is 0.242 e. The number of halogens is 2. The Balaban J connectivity index is 3.37. The molecule has 7 heteroatoms. The zero-order valence-corrected chi connectivity index (χ0v) is 12.4. The molecule has 4 nitrogen and oxygen atoms in total. The molecule has 1 aromatic rings. The van der Waals surface area contributed by atoms with E-state index in [9.17, 15) is 13.2 Å². The third-order valence-corrected chi connectivity index (χ3v) is 4.79. The summed E-state index contributed by atoms with van der Waals surface area (Å²) in [6, 6.07) is 4.08. The Hall–Kier alpha value is -0.430. The lowest BCUT2D eigenvalue weighted by Crippen LogP contribution is -2.22. The van der Waals surface area contributed by atoms with Gasteiger partial charge in [-0.15, -0.1) is 0 Å². The molecule has 0 N–H and O–H groups in total. The third kappa shape index (κ3) is 3.07. The molecule has 0 unspecified atom stereocenters. The smallest absolute Gasteiger partial charge is 0.242 e. The van der Waals surface area contributed by atoms with Gasteiger partial charge in [0.25, 0.3) is 0 Å². The molecule has 17 heavy (non-hydrogen) atoms. The highest BCUT2D eigenvalue weighted by molar-refractivity contribution is 9.09.